The van der Waals surface area contributed by atoms with Crippen molar-refractivity contribution in [1.29, 1.82) is 0 Å². The Morgan fingerprint density at radius 2 is 1.88 bits per heavy atom. The number of hydrogen-bond acceptors (Lipinski definition) is 4. The molecule has 3 aromatic rings. The smallest absolute Gasteiger partial charge is 0.416 e. The largest absolute Gasteiger partial charge is 0.496 e. The molecule has 1 N–H and O–H groups in total. The third-order valence-corrected chi connectivity index (χ3v) is 6.21. The molecule has 1 amide bonds. The van der Waals surface area contributed by atoms with E-state index in [9.17, 15) is 18.0 Å². The number of benzene rings is 2. The number of nitrogens with one attached hydrogen (secondary N) is 1. The van der Waals surface area contributed by atoms with E-state index in [1.54, 1.807) is 14.0 Å². The van der Waals surface area contributed by atoms with Crippen molar-refractivity contribution in [1.82, 2.24) is 20.0 Å². The maximum atomic E-state index is 13.1. The number of nitrogens with zero attached hydrogens (tertiary/aromatic N) is 3. The van der Waals surface area contributed by atoms with E-state index in [1.807, 2.05) is 24.3 Å². The molecule has 0 aliphatic carbocycles. The molecule has 0 spiro atoms. The number of hydrogen-bond donors (Lipinski definition) is 1. The highest BCUT2D eigenvalue weighted by Gasteiger charge is 2.31. The minimum atomic E-state index is -4.46. The Labute approximate surface area is 196 Å². The van der Waals surface area contributed by atoms with Gasteiger partial charge in [-0.2, -0.15) is 18.3 Å². The first-order valence-corrected chi connectivity index (χ1v) is 11.2. The maximum absolute atomic E-state index is 13.1. The molecule has 0 saturated carbocycles. The molecule has 2 heterocycles. The van der Waals surface area contributed by atoms with Gasteiger partial charge in [-0.25, -0.2) is 4.68 Å². The average molecular weight is 473 g/mol. The summed E-state index contributed by atoms with van der Waals surface area (Å²) in [7, 11) is 1.63. The number of halogens is 3. The Balaban J connectivity index is 1.54. The van der Waals surface area contributed by atoms with Gasteiger partial charge in [-0.1, -0.05) is 24.3 Å². The number of methoxy groups -OCH3 is 1. The van der Waals surface area contributed by atoms with Gasteiger partial charge in [0.15, 0.2) is 0 Å². The average Bonchev–Trinajstić information content (AvgIpc) is 3.49. The van der Waals surface area contributed by atoms with E-state index in [4.69, 9.17) is 4.74 Å². The Bertz CT molecular complexity index is 1150. The van der Waals surface area contributed by atoms with Crippen molar-refractivity contribution in [2.24, 2.45) is 0 Å². The summed E-state index contributed by atoms with van der Waals surface area (Å²) in [4.78, 5) is 15.4. The number of likely N-dealkylation sites (tertiary alicyclic amines) is 1. The van der Waals surface area contributed by atoms with Crippen LogP contribution < -0.4 is 10.1 Å². The predicted molar refractivity (Wildman–Crippen MR) is 122 cm³/mol. The number of rotatable bonds is 7. The normalized spacial score (nSPS) is 15.3. The molecule has 1 aliphatic heterocycles. The van der Waals surface area contributed by atoms with Gasteiger partial charge >= 0.3 is 6.18 Å². The lowest BCUT2D eigenvalue weighted by molar-refractivity contribution is -0.137. The second-order valence-corrected chi connectivity index (χ2v) is 8.31. The second kappa shape index (κ2) is 9.89. The summed E-state index contributed by atoms with van der Waals surface area (Å²) in [5.74, 6) is 0.442. The zero-order valence-corrected chi connectivity index (χ0v) is 19.1. The fourth-order valence-corrected chi connectivity index (χ4v) is 4.42. The van der Waals surface area contributed by atoms with Crippen molar-refractivity contribution in [2.45, 2.75) is 32.0 Å². The van der Waals surface area contributed by atoms with Crippen LogP contribution in [0, 0.1) is 6.92 Å². The minimum Gasteiger partial charge on any atom is -0.496 e. The molecule has 2 aromatic carbocycles. The van der Waals surface area contributed by atoms with Crippen molar-refractivity contribution in [3.8, 4) is 11.4 Å². The van der Waals surface area contributed by atoms with Crippen molar-refractivity contribution in [2.75, 3.05) is 26.7 Å². The Morgan fingerprint density at radius 3 is 2.59 bits per heavy atom. The number of alkyl halides is 3. The molecule has 0 bridgehead atoms. The summed E-state index contributed by atoms with van der Waals surface area (Å²) in [5, 5.41) is 7.18. The van der Waals surface area contributed by atoms with Gasteiger partial charge in [0.25, 0.3) is 5.91 Å². The summed E-state index contributed by atoms with van der Waals surface area (Å²) in [5.41, 5.74) is 1.26. The molecule has 0 radical (unpaired) electrons. The monoisotopic (exact) mass is 472 g/mol. The van der Waals surface area contributed by atoms with Crippen molar-refractivity contribution >= 4 is 5.91 Å². The van der Waals surface area contributed by atoms with Crippen molar-refractivity contribution in [3.05, 3.63) is 77.1 Å². The lowest BCUT2D eigenvalue weighted by Gasteiger charge is -2.29. The first-order valence-electron chi connectivity index (χ1n) is 11.2. The molecule has 1 atom stereocenters. The van der Waals surface area contributed by atoms with Crippen LogP contribution in [0.5, 0.6) is 5.75 Å². The van der Waals surface area contributed by atoms with Gasteiger partial charge < -0.3 is 10.1 Å². The SMILES string of the molecule is COc1ccccc1C(CNC(=O)c1cnn(-c2cccc(C(F)(F)F)c2)c1C)N1CCCC1. The van der Waals surface area contributed by atoms with Crippen LogP contribution in [-0.2, 0) is 6.18 Å². The van der Waals surface area contributed by atoms with Crippen molar-refractivity contribution < 1.29 is 22.7 Å². The summed E-state index contributed by atoms with van der Waals surface area (Å²) in [6.45, 7) is 3.91. The highest BCUT2D eigenvalue weighted by molar-refractivity contribution is 5.95. The van der Waals surface area contributed by atoms with Gasteiger partial charge in [0.05, 0.1) is 41.9 Å². The van der Waals surface area contributed by atoms with Crippen LogP contribution in [0.4, 0.5) is 13.2 Å². The van der Waals surface area contributed by atoms with E-state index in [2.05, 4.69) is 15.3 Å². The van der Waals surface area contributed by atoms with Gasteiger partial charge in [-0.3, -0.25) is 9.69 Å². The molecule has 1 aliphatic rings. The highest BCUT2D eigenvalue weighted by Crippen LogP contribution is 2.32. The zero-order chi connectivity index (χ0) is 24.3. The minimum absolute atomic E-state index is 0.0542. The van der Waals surface area contributed by atoms with Crippen LogP contribution >= 0.6 is 0 Å². The lowest BCUT2D eigenvalue weighted by atomic mass is 10.0. The fraction of sp³-hybridized carbons (Fsp3) is 0.360. The third kappa shape index (κ3) is 4.94. The molecule has 1 aromatic heterocycles. The molecule has 1 unspecified atom stereocenters. The van der Waals surface area contributed by atoms with Crippen LogP contribution in [0.3, 0.4) is 0 Å². The molecule has 1 fully saturated rings. The van der Waals surface area contributed by atoms with Crippen LogP contribution in [0.25, 0.3) is 5.69 Å². The van der Waals surface area contributed by atoms with Gasteiger partial charge in [0.1, 0.15) is 5.75 Å². The molecule has 1 saturated heterocycles. The molecule has 4 rings (SSSR count). The number of carbonyl (C=O) groups excluding carboxylic acids is 1. The van der Waals surface area contributed by atoms with Crippen LogP contribution in [-0.4, -0.2) is 47.3 Å². The van der Waals surface area contributed by atoms with Crippen LogP contribution in [0.1, 0.15) is 46.1 Å². The third-order valence-electron chi connectivity index (χ3n) is 6.21. The Kier molecular flexibility index (Phi) is 6.92. The van der Waals surface area contributed by atoms with Gasteiger partial charge in [0.2, 0.25) is 0 Å². The maximum Gasteiger partial charge on any atom is 0.416 e. The Hall–Kier alpha value is -3.33. The second-order valence-electron chi connectivity index (χ2n) is 8.31. The van der Waals surface area contributed by atoms with Gasteiger partial charge in [-0.15, -0.1) is 0 Å². The Morgan fingerprint density at radius 1 is 1.15 bits per heavy atom. The number of amides is 1. The van der Waals surface area contributed by atoms with Gasteiger partial charge in [0, 0.05) is 12.1 Å². The summed E-state index contributed by atoms with van der Waals surface area (Å²) >= 11 is 0. The molecule has 9 heteroatoms. The number of aromatic nitrogens is 2. The van der Waals surface area contributed by atoms with E-state index in [-0.39, 0.29) is 17.6 Å². The van der Waals surface area contributed by atoms with E-state index >= 15 is 0 Å². The lowest BCUT2D eigenvalue weighted by Crippen LogP contribution is -2.37. The van der Waals surface area contributed by atoms with E-state index < -0.39 is 11.7 Å². The van der Waals surface area contributed by atoms with E-state index in [0.717, 1.165) is 49.4 Å². The quantitative estimate of drug-likeness (QED) is 0.538. The van der Waals surface area contributed by atoms with E-state index in [0.29, 0.717) is 17.8 Å². The number of carbonyl (C=O) groups is 1. The van der Waals surface area contributed by atoms with Crippen LogP contribution in [0.2, 0.25) is 0 Å². The molecule has 6 nitrogen and oxygen atoms in total. The van der Waals surface area contributed by atoms with Crippen LogP contribution in [0.15, 0.2) is 54.7 Å². The molecule has 180 valence electrons. The molecule has 34 heavy (non-hydrogen) atoms. The highest BCUT2D eigenvalue weighted by atomic mass is 19.4. The van der Waals surface area contributed by atoms with Crippen molar-refractivity contribution in [3.63, 3.8) is 0 Å². The fourth-order valence-electron chi connectivity index (χ4n) is 4.42. The number of para-hydroxylation sites is 1. The molecular weight excluding hydrogens is 445 g/mol. The predicted octanol–water partition coefficient (Wildman–Crippen LogP) is 4.78. The zero-order valence-electron chi connectivity index (χ0n) is 19.1. The summed E-state index contributed by atoms with van der Waals surface area (Å²) in [6.07, 6.45) is -0.871. The first kappa shape index (κ1) is 23.8. The molecular formula is C25H27F3N4O2. The summed E-state index contributed by atoms with van der Waals surface area (Å²) < 4.78 is 46.2. The summed E-state index contributed by atoms with van der Waals surface area (Å²) in [6, 6.07) is 12.6. The van der Waals surface area contributed by atoms with Gasteiger partial charge in [-0.05, 0) is 57.1 Å². The first-order chi connectivity index (χ1) is 16.3. The topological polar surface area (TPSA) is 59.4 Å². The number of ether oxygens (including phenoxy) is 1. The van der Waals surface area contributed by atoms with E-state index in [1.165, 1.54) is 23.0 Å². The standard InChI is InChI=1S/C25H27F3N4O2/c1-17-21(15-30-32(17)19-9-7-8-18(14-19)25(26,27)28)24(33)29-16-22(31-12-5-6-13-31)20-10-3-4-11-23(20)34-2/h3-4,7-11,14-15,22H,5-6,12-13,16H2,1-2H3,(H,29,33).